The van der Waals surface area contributed by atoms with Gasteiger partial charge in [-0.25, -0.2) is 0 Å². The Labute approximate surface area is 78.3 Å². The van der Waals surface area contributed by atoms with Crippen LogP contribution in [0.4, 0.5) is 0 Å². The maximum absolute atomic E-state index is 11.1. The van der Waals surface area contributed by atoms with Crippen molar-refractivity contribution >= 4 is 11.9 Å². The quantitative estimate of drug-likeness (QED) is 0.482. The van der Waals surface area contributed by atoms with Gasteiger partial charge < -0.3 is 10.4 Å². The zero-order valence-corrected chi connectivity index (χ0v) is 8.17. The van der Waals surface area contributed by atoms with Crippen LogP contribution in [0.25, 0.3) is 0 Å². The van der Waals surface area contributed by atoms with Gasteiger partial charge in [-0.3, -0.25) is 9.59 Å². The second-order valence-corrected chi connectivity index (χ2v) is 3.06. The molecule has 0 saturated carbocycles. The van der Waals surface area contributed by atoms with Gasteiger partial charge in [-0.15, -0.1) is 0 Å². The van der Waals surface area contributed by atoms with Crippen molar-refractivity contribution in [3.05, 3.63) is 0 Å². The fourth-order valence-corrected chi connectivity index (χ4v) is 0.852. The second kappa shape index (κ2) is 6.46. The lowest BCUT2D eigenvalue weighted by Gasteiger charge is -2.07. The van der Waals surface area contributed by atoms with Crippen LogP contribution in [0.15, 0.2) is 0 Å². The van der Waals surface area contributed by atoms with E-state index in [9.17, 15) is 9.59 Å². The van der Waals surface area contributed by atoms with Gasteiger partial charge in [0.15, 0.2) is 0 Å². The Kier molecular flexibility index (Phi) is 5.93. The van der Waals surface area contributed by atoms with Crippen molar-refractivity contribution in [2.75, 3.05) is 6.54 Å². The molecule has 0 aliphatic rings. The van der Waals surface area contributed by atoms with Crippen LogP contribution in [0.2, 0.25) is 0 Å². The molecule has 0 bridgehead atoms. The number of carboxylic acid groups (broad SMARTS) is 1. The first-order chi connectivity index (χ1) is 6.09. The summed E-state index contributed by atoms with van der Waals surface area (Å²) in [5.74, 6) is -2.42. The summed E-state index contributed by atoms with van der Waals surface area (Å²) in [4.78, 5) is 21.4. The number of hydrogen-bond donors (Lipinski definition) is 2. The Bertz CT molecular complexity index is 180. The first-order valence-electron chi connectivity index (χ1n) is 4.60. The highest BCUT2D eigenvalue weighted by Crippen LogP contribution is 1.96. The molecule has 1 atom stereocenters. The molecule has 13 heavy (non-hydrogen) atoms. The van der Waals surface area contributed by atoms with E-state index in [1.54, 1.807) is 0 Å². The van der Waals surface area contributed by atoms with Crippen molar-refractivity contribution in [2.24, 2.45) is 5.92 Å². The topological polar surface area (TPSA) is 66.4 Å². The summed E-state index contributed by atoms with van der Waals surface area (Å²) in [5, 5.41) is 11.1. The third-order valence-corrected chi connectivity index (χ3v) is 1.84. The highest BCUT2D eigenvalue weighted by molar-refractivity contribution is 5.96. The Morgan fingerprint density at radius 1 is 1.38 bits per heavy atom. The van der Waals surface area contributed by atoms with Crippen LogP contribution in [0.1, 0.15) is 33.1 Å². The smallest absolute Gasteiger partial charge is 0.315 e. The molecule has 0 aromatic carbocycles. The van der Waals surface area contributed by atoms with Crippen molar-refractivity contribution in [3.8, 4) is 0 Å². The molecule has 4 heteroatoms. The molecule has 0 spiro atoms. The lowest BCUT2D eigenvalue weighted by atomic mass is 10.1. The largest absolute Gasteiger partial charge is 0.481 e. The molecule has 2 N–H and O–H groups in total. The summed E-state index contributed by atoms with van der Waals surface area (Å²) in [6.45, 7) is 4.03. The fourth-order valence-electron chi connectivity index (χ4n) is 0.852. The number of carboxylic acids is 1. The van der Waals surface area contributed by atoms with Gasteiger partial charge in [0.25, 0.3) is 0 Å². The molecule has 0 aliphatic carbocycles. The number of unbranched alkanes of at least 4 members (excludes halogenated alkanes) is 2. The van der Waals surface area contributed by atoms with Gasteiger partial charge in [0, 0.05) is 6.54 Å². The average molecular weight is 187 g/mol. The predicted octanol–water partition coefficient (Wildman–Crippen LogP) is 1.01. The minimum Gasteiger partial charge on any atom is -0.481 e. The summed E-state index contributed by atoms with van der Waals surface area (Å²) in [5.41, 5.74) is 0. The lowest BCUT2D eigenvalue weighted by Crippen LogP contribution is -2.34. The van der Waals surface area contributed by atoms with Crippen molar-refractivity contribution in [3.63, 3.8) is 0 Å². The minimum atomic E-state index is -1.08. The van der Waals surface area contributed by atoms with Crippen LogP contribution >= 0.6 is 0 Å². The molecule has 1 amide bonds. The highest BCUT2D eigenvalue weighted by atomic mass is 16.4. The third-order valence-electron chi connectivity index (χ3n) is 1.84. The maximum Gasteiger partial charge on any atom is 0.315 e. The fraction of sp³-hybridized carbons (Fsp3) is 0.778. The lowest BCUT2D eigenvalue weighted by molar-refractivity contribution is -0.146. The number of nitrogens with one attached hydrogen (secondary N) is 1. The first kappa shape index (κ1) is 11.9. The zero-order chi connectivity index (χ0) is 10.3. The predicted molar refractivity (Wildman–Crippen MR) is 49.3 cm³/mol. The highest BCUT2D eigenvalue weighted by Gasteiger charge is 2.19. The normalized spacial score (nSPS) is 12.2. The van der Waals surface area contributed by atoms with Crippen LogP contribution in [0, 0.1) is 5.92 Å². The monoisotopic (exact) mass is 187 g/mol. The summed E-state index contributed by atoms with van der Waals surface area (Å²) >= 11 is 0. The summed E-state index contributed by atoms with van der Waals surface area (Å²) in [6.07, 6.45) is 3.06. The van der Waals surface area contributed by atoms with Gasteiger partial charge in [0.05, 0.1) is 0 Å². The van der Waals surface area contributed by atoms with Crippen molar-refractivity contribution in [1.29, 1.82) is 0 Å². The summed E-state index contributed by atoms with van der Waals surface area (Å²) < 4.78 is 0. The summed E-state index contributed by atoms with van der Waals surface area (Å²) in [6, 6.07) is 0. The number of carbonyl (C=O) groups is 2. The standard InChI is InChI=1S/C9H17NO3/c1-3-4-5-6-10-8(11)7(2)9(12)13/h7H,3-6H2,1-2H3,(H,10,11)(H,12,13). The molecular formula is C9H17NO3. The van der Waals surface area contributed by atoms with Crippen LogP contribution in [-0.2, 0) is 9.59 Å². The Hall–Kier alpha value is -1.06. The molecule has 0 heterocycles. The van der Waals surface area contributed by atoms with E-state index < -0.39 is 17.8 Å². The molecule has 0 rings (SSSR count). The Morgan fingerprint density at radius 2 is 2.00 bits per heavy atom. The Morgan fingerprint density at radius 3 is 2.46 bits per heavy atom. The minimum absolute atomic E-state index is 0.399. The third kappa shape index (κ3) is 5.22. The molecule has 0 aromatic rings. The van der Waals surface area contributed by atoms with E-state index in [1.807, 2.05) is 0 Å². The van der Waals surface area contributed by atoms with E-state index in [-0.39, 0.29) is 0 Å². The SMILES string of the molecule is CCCCCNC(=O)C(C)C(=O)O. The van der Waals surface area contributed by atoms with Crippen LogP contribution in [-0.4, -0.2) is 23.5 Å². The van der Waals surface area contributed by atoms with E-state index in [4.69, 9.17) is 5.11 Å². The molecule has 0 radical (unpaired) electrons. The van der Waals surface area contributed by atoms with Gasteiger partial charge in [-0.2, -0.15) is 0 Å². The van der Waals surface area contributed by atoms with E-state index in [0.29, 0.717) is 6.54 Å². The van der Waals surface area contributed by atoms with Gasteiger partial charge in [-0.1, -0.05) is 19.8 Å². The first-order valence-corrected chi connectivity index (χ1v) is 4.60. The van der Waals surface area contributed by atoms with E-state index in [2.05, 4.69) is 12.2 Å². The Balaban J connectivity index is 3.56. The summed E-state index contributed by atoms with van der Waals surface area (Å²) in [7, 11) is 0. The van der Waals surface area contributed by atoms with Crippen LogP contribution in [0.3, 0.4) is 0 Å². The molecule has 1 unspecified atom stereocenters. The maximum atomic E-state index is 11.1. The van der Waals surface area contributed by atoms with Gasteiger partial charge in [0.2, 0.25) is 5.91 Å². The average Bonchev–Trinajstić information content (AvgIpc) is 2.10. The number of rotatable bonds is 6. The van der Waals surface area contributed by atoms with Crippen molar-refractivity contribution in [2.45, 2.75) is 33.1 Å². The molecule has 0 fully saturated rings. The number of aliphatic carboxylic acids is 1. The molecular weight excluding hydrogens is 170 g/mol. The number of amides is 1. The molecule has 0 saturated heterocycles. The molecule has 0 aliphatic heterocycles. The van der Waals surface area contributed by atoms with E-state index in [1.165, 1.54) is 6.92 Å². The van der Waals surface area contributed by atoms with Gasteiger partial charge in [0.1, 0.15) is 5.92 Å². The second-order valence-electron chi connectivity index (χ2n) is 3.06. The molecule has 4 nitrogen and oxygen atoms in total. The van der Waals surface area contributed by atoms with Crippen molar-refractivity contribution < 1.29 is 14.7 Å². The van der Waals surface area contributed by atoms with Crippen LogP contribution in [0.5, 0.6) is 0 Å². The molecule has 76 valence electrons. The van der Waals surface area contributed by atoms with E-state index in [0.717, 1.165) is 19.3 Å². The van der Waals surface area contributed by atoms with Crippen LogP contribution < -0.4 is 5.32 Å². The van der Waals surface area contributed by atoms with Crippen molar-refractivity contribution in [1.82, 2.24) is 5.32 Å². The number of carbonyl (C=O) groups excluding carboxylic acids is 1. The van der Waals surface area contributed by atoms with Gasteiger partial charge in [-0.05, 0) is 13.3 Å². The van der Waals surface area contributed by atoms with Gasteiger partial charge >= 0.3 is 5.97 Å². The van der Waals surface area contributed by atoms with E-state index >= 15 is 0 Å². The zero-order valence-electron chi connectivity index (χ0n) is 8.17. The number of hydrogen-bond acceptors (Lipinski definition) is 2. The molecule has 0 aromatic heterocycles.